The number of halogens is 1. The number of ether oxygens (including phenoxy) is 1. The maximum atomic E-state index is 10.6. The zero-order valence-corrected chi connectivity index (χ0v) is 12.9. The molecule has 1 N–H and O–H groups in total. The Bertz CT molecular complexity index is 454. The Labute approximate surface area is 120 Å². The van der Waals surface area contributed by atoms with Gasteiger partial charge >= 0.3 is 0 Å². The predicted octanol–water partition coefficient (Wildman–Crippen LogP) is 3.84. The van der Waals surface area contributed by atoms with Crippen molar-refractivity contribution in [2.45, 2.75) is 57.8 Å². The highest BCUT2D eigenvalue weighted by Crippen LogP contribution is 2.44. The van der Waals surface area contributed by atoms with E-state index < -0.39 is 6.10 Å². The first-order valence-corrected chi connectivity index (χ1v) is 7.21. The van der Waals surface area contributed by atoms with E-state index in [1.54, 1.807) is 0 Å². The lowest BCUT2D eigenvalue weighted by atomic mass is 9.81. The Morgan fingerprint density at radius 3 is 2.47 bits per heavy atom. The number of rotatable bonds is 3. The molecule has 2 atom stereocenters. The van der Waals surface area contributed by atoms with Gasteiger partial charge in [-0.05, 0) is 45.7 Å². The van der Waals surface area contributed by atoms with Gasteiger partial charge in [0.15, 0.2) is 0 Å². The number of hydrogen-bond donors (Lipinski definition) is 1. The minimum Gasteiger partial charge on any atom is -0.392 e. The van der Waals surface area contributed by atoms with Crippen LogP contribution in [-0.2, 0) is 11.2 Å². The zero-order chi connectivity index (χ0) is 14.3. The van der Waals surface area contributed by atoms with Crippen molar-refractivity contribution in [3.05, 3.63) is 34.9 Å². The number of benzene rings is 1. The van der Waals surface area contributed by atoms with Crippen molar-refractivity contribution >= 4 is 11.6 Å². The van der Waals surface area contributed by atoms with Crippen LogP contribution in [0.25, 0.3) is 0 Å². The van der Waals surface area contributed by atoms with Gasteiger partial charge in [-0.2, -0.15) is 0 Å². The Kier molecular flexibility index (Phi) is 3.97. The third kappa shape index (κ3) is 3.31. The van der Waals surface area contributed by atoms with Crippen LogP contribution in [0.5, 0.6) is 0 Å². The molecule has 19 heavy (non-hydrogen) atoms. The van der Waals surface area contributed by atoms with Crippen molar-refractivity contribution in [1.82, 2.24) is 0 Å². The third-order valence-corrected chi connectivity index (χ3v) is 4.36. The van der Waals surface area contributed by atoms with Crippen molar-refractivity contribution in [1.29, 1.82) is 0 Å². The molecule has 0 aliphatic carbocycles. The lowest BCUT2D eigenvalue weighted by molar-refractivity contribution is -0.0873. The Hall–Kier alpha value is -0.570. The van der Waals surface area contributed by atoms with Gasteiger partial charge in [0, 0.05) is 17.4 Å². The maximum Gasteiger partial charge on any atom is 0.0687 e. The summed E-state index contributed by atoms with van der Waals surface area (Å²) in [5.74, 6) is 0.124. The number of aliphatic hydroxyl groups is 1. The summed E-state index contributed by atoms with van der Waals surface area (Å²) in [7, 11) is 0. The van der Waals surface area contributed by atoms with Gasteiger partial charge in [-0.1, -0.05) is 29.8 Å². The second-order valence-electron chi connectivity index (χ2n) is 6.64. The van der Waals surface area contributed by atoms with Crippen LogP contribution in [0, 0.1) is 5.92 Å². The summed E-state index contributed by atoms with van der Waals surface area (Å²) in [4.78, 5) is 0. The molecule has 0 bridgehead atoms. The molecule has 1 aromatic carbocycles. The fraction of sp³-hybridized carbons (Fsp3) is 0.625. The molecule has 0 aromatic heterocycles. The minimum atomic E-state index is -0.434. The fourth-order valence-electron chi connectivity index (χ4n) is 3.24. The van der Waals surface area contributed by atoms with Crippen molar-refractivity contribution in [2.24, 2.45) is 5.92 Å². The molecule has 2 unspecified atom stereocenters. The van der Waals surface area contributed by atoms with E-state index in [1.807, 2.05) is 24.3 Å². The van der Waals surface area contributed by atoms with Gasteiger partial charge in [-0.15, -0.1) is 0 Å². The van der Waals surface area contributed by atoms with Crippen LogP contribution >= 0.6 is 11.6 Å². The van der Waals surface area contributed by atoms with Gasteiger partial charge in [0.05, 0.1) is 17.3 Å². The molecule has 3 heteroatoms. The summed E-state index contributed by atoms with van der Waals surface area (Å²) in [5.41, 5.74) is 0.525. The van der Waals surface area contributed by atoms with Crippen LogP contribution in [0.15, 0.2) is 24.3 Å². The van der Waals surface area contributed by atoms with E-state index in [2.05, 4.69) is 27.7 Å². The average Bonchev–Trinajstić information content (AvgIpc) is 2.50. The first-order valence-electron chi connectivity index (χ1n) is 6.83. The molecule has 1 fully saturated rings. The zero-order valence-electron chi connectivity index (χ0n) is 12.1. The Morgan fingerprint density at radius 2 is 1.95 bits per heavy atom. The fourth-order valence-corrected chi connectivity index (χ4v) is 3.45. The lowest BCUT2D eigenvalue weighted by Crippen LogP contribution is -2.37. The standard InChI is InChI=1S/C16H23ClO2/c1-15(2)10-12(16(3,4)19-15)14(18)9-11-7-5-6-8-13(11)17/h5-8,12,14,18H,9-10H2,1-4H3. The van der Waals surface area contributed by atoms with Gasteiger partial charge < -0.3 is 9.84 Å². The summed E-state index contributed by atoms with van der Waals surface area (Å²) < 4.78 is 6.04. The second-order valence-corrected chi connectivity index (χ2v) is 7.05. The van der Waals surface area contributed by atoms with Gasteiger partial charge in [-0.3, -0.25) is 0 Å². The average molecular weight is 283 g/mol. The van der Waals surface area contributed by atoms with Crippen LogP contribution in [0.2, 0.25) is 5.02 Å². The van der Waals surface area contributed by atoms with Crippen LogP contribution in [0.3, 0.4) is 0 Å². The number of hydrogen-bond acceptors (Lipinski definition) is 2. The first-order chi connectivity index (χ1) is 8.71. The van der Waals surface area contributed by atoms with Crippen LogP contribution < -0.4 is 0 Å². The van der Waals surface area contributed by atoms with E-state index in [0.29, 0.717) is 6.42 Å². The van der Waals surface area contributed by atoms with Gasteiger partial charge in [-0.25, -0.2) is 0 Å². The molecule has 1 aliphatic rings. The van der Waals surface area contributed by atoms with Crippen LogP contribution in [-0.4, -0.2) is 22.4 Å². The number of aliphatic hydroxyl groups excluding tert-OH is 1. The molecule has 0 spiro atoms. The van der Waals surface area contributed by atoms with Gasteiger partial charge in [0.1, 0.15) is 0 Å². The van der Waals surface area contributed by atoms with Crippen molar-refractivity contribution < 1.29 is 9.84 Å². The maximum absolute atomic E-state index is 10.6. The molecular formula is C16H23ClO2. The topological polar surface area (TPSA) is 29.5 Å². The molecule has 0 radical (unpaired) electrons. The molecular weight excluding hydrogens is 260 g/mol. The van der Waals surface area contributed by atoms with E-state index >= 15 is 0 Å². The van der Waals surface area contributed by atoms with Crippen LogP contribution in [0.1, 0.15) is 39.7 Å². The van der Waals surface area contributed by atoms with E-state index in [9.17, 15) is 5.11 Å². The first kappa shape index (κ1) is 14.8. The van der Waals surface area contributed by atoms with E-state index in [0.717, 1.165) is 17.0 Å². The largest absolute Gasteiger partial charge is 0.392 e. The molecule has 0 saturated carbocycles. The van der Waals surface area contributed by atoms with Crippen molar-refractivity contribution in [3.63, 3.8) is 0 Å². The molecule has 0 amide bonds. The predicted molar refractivity (Wildman–Crippen MR) is 78.5 cm³/mol. The highest BCUT2D eigenvalue weighted by atomic mass is 35.5. The molecule has 2 rings (SSSR count). The summed E-state index contributed by atoms with van der Waals surface area (Å²) in [5, 5.41) is 11.3. The summed E-state index contributed by atoms with van der Waals surface area (Å²) in [6.07, 6.45) is 1.01. The molecule has 106 valence electrons. The summed E-state index contributed by atoms with van der Waals surface area (Å²) >= 11 is 6.16. The normalized spacial score (nSPS) is 26.3. The Morgan fingerprint density at radius 1 is 1.32 bits per heavy atom. The summed E-state index contributed by atoms with van der Waals surface area (Å²) in [6.45, 7) is 8.28. The highest BCUT2D eigenvalue weighted by molar-refractivity contribution is 6.31. The smallest absolute Gasteiger partial charge is 0.0687 e. The van der Waals surface area contributed by atoms with Gasteiger partial charge in [0.2, 0.25) is 0 Å². The van der Waals surface area contributed by atoms with Gasteiger partial charge in [0.25, 0.3) is 0 Å². The molecule has 1 aromatic rings. The van der Waals surface area contributed by atoms with E-state index in [4.69, 9.17) is 16.3 Å². The SMILES string of the molecule is CC1(C)CC(C(O)Cc2ccccc2Cl)C(C)(C)O1. The lowest BCUT2D eigenvalue weighted by Gasteiger charge is -2.30. The quantitative estimate of drug-likeness (QED) is 0.913. The minimum absolute atomic E-state index is 0.124. The molecule has 1 saturated heterocycles. The molecule has 1 aliphatic heterocycles. The second kappa shape index (κ2) is 5.08. The van der Waals surface area contributed by atoms with Crippen molar-refractivity contribution in [2.75, 3.05) is 0 Å². The van der Waals surface area contributed by atoms with E-state index in [-0.39, 0.29) is 17.1 Å². The summed E-state index contributed by atoms with van der Waals surface area (Å²) in [6, 6.07) is 7.70. The van der Waals surface area contributed by atoms with E-state index in [1.165, 1.54) is 0 Å². The highest BCUT2D eigenvalue weighted by Gasteiger charge is 2.48. The Balaban J connectivity index is 2.13. The molecule has 1 heterocycles. The van der Waals surface area contributed by atoms with Crippen LogP contribution in [0.4, 0.5) is 0 Å². The van der Waals surface area contributed by atoms with Crippen molar-refractivity contribution in [3.8, 4) is 0 Å². The molecule has 2 nitrogen and oxygen atoms in total. The third-order valence-electron chi connectivity index (χ3n) is 4.00. The monoisotopic (exact) mass is 282 g/mol.